The average Bonchev–Trinajstić information content (AvgIpc) is 2.98. The fourth-order valence-electron chi connectivity index (χ4n) is 2.88. The van der Waals surface area contributed by atoms with Gasteiger partial charge < -0.3 is 9.88 Å². The van der Waals surface area contributed by atoms with Crippen LogP contribution in [0.25, 0.3) is 21.8 Å². The summed E-state index contributed by atoms with van der Waals surface area (Å²) in [4.78, 5) is 22.3. The van der Waals surface area contributed by atoms with Gasteiger partial charge in [0.1, 0.15) is 5.69 Å². The lowest BCUT2D eigenvalue weighted by Crippen LogP contribution is -2.32. The minimum atomic E-state index is 0.0731. The van der Waals surface area contributed by atoms with Crippen LogP contribution in [0.5, 0.6) is 0 Å². The number of nitrogens with one attached hydrogen (secondary N) is 1. The van der Waals surface area contributed by atoms with Crippen molar-refractivity contribution in [2.75, 3.05) is 13.1 Å². The van der Waals surface area contributed by atoms with Crippen LogP contribution in [0.2, 0.25) is 0 Å². The van der Waals surface area contributed by atoms with Crippen molar-refractivity contribution in [1.29, 1.82) is 0 Å². The number of pyridine rings is 1. The molecule has 0 saturated heterocycles. The van der Waals surface area contributed by atoms with Gasteiger partial charge >= 0.3 is 0 Å². The number of aromatic amines is 1. The van der Waals surface area contributed by atoms with E-state index in [0.717, 1.165) is 47.7 Å². The van der Waals surface area contributed by atoms with Crippen LogP contribution in [0.4, 0.5) is 0 Å². The molecule has 0 fully saturated rings. The molecule has 0 bridgehead atoms. The first-order valence-electron chi connectivity index (χ1n) is 7.90. The molecule has 1 aromatic carbocycles. The van der Waals surface area contributed by atoms with Crippen molar-refractivity contribution in [1.82, 2.24) is 14.9 Å². The van der Waals surface area contributed by atoms with Crippen molar-refractivity contribution in [3.8, 4) is 0 Å². The van der Waals surface area contributed by atoms with Crippen LogP contribution >= 0.6 is 0 Å². The Morgan fingerprint density at radius 1 is 1.14 bits per heavy atom. The number of aromatic nitrogens is 2. The highest BCUT2D eigenvalue weighted by Crippen LogP contribution is 2.24. The highest BCUT2D eigenvalue weighted by atomic mass is 16.2. The van der Waals surface area contributed by atoms with Gasteiger partial charge in [0, 0.05) is 30.1 Å². The topological polar surface area (TPSA) is 49.0 Å². The summed E-state index contributed by atoms with van der Waals surface area (Å²) in [5.41, 5.74) is 2.50. The molecule has 22 heavy (non-hydrogen) atoms. The molecule has 0 aliphatic carbocycles. The first-order chi connectivity index (χ1) is 10.7. The molecular formula is C18H21N3O. The van der Waals surface area contributed by atoms with Crippen molar-refractivity contribution in [2.45, 2.75) is 26.7 Å². The van der Waals surface area contributed by atoms with Gasteiger partial charge in [0.05, 0.1) is 11.0 Å². The summed E-state index contributed by atoms with van der Waals surface area (Å²) in [5.74, 6) is 0.0731. The standard InChI is InChI=1S/C18H21N3O/c1-3-10-21(11-4-2)18(22)15-12-14-8-7-13-6-5-9-19-16(13)17(14)20-15/h5-9,12,20H,3-4,10-11H2,1-2H3. The molecule has 3 rings (SSSR count). The molecule has 0 atom stereocenters. The highest BCUT2D eigenvalue weighted by Gasteiger charge is 2.17. The van der Waals surface area contributed by atoms with Gasteiger partial charge in [-0.3, -0.25) is 9.78 Å². The van der Waals surface area contributed by atoms with Gasteiger partial charge in [0.15, 0.2) is 0 Å². The SMILES string of the molecule is CCCN(CCC)C(=O)c1cc2ccc3cccnc3c2[nH]1. The number of benzene rings is 1. The highest BCUT2D eigenvalue weighted by molar-refractivity contribution is 6.07. The summed E-state index contributed by atoms with van der Waals surface area (Å²) in [7, 11) is 0. The second-order valence-electron chi connectivity index (χ2n) is 5.58. The van der Waals surface area contributed by atoms with E-state index in [0.29, 0.717) is 5.69 Å². The van der Waals surface area contributed by atoms with Crippen molar-refractivity contribution in [3.63, 3.8) is 0 Å². The van der Waals surface area contributed by atoms with E-state index in [-0.39, 0.29) is 5.91 Å². The number of fused-ring (bicyclic) bond motifs is 3. The minimum Gasteiger partial charge on any atom is -0.349 e. The number of carbonyl (C=O) groups is 1. The second-order valence-corrected chi connectivity index (χ2v) is 5.58. The molecule has 4 heteroatoms. The lowest BCUT2D eigenvalue weighted by atomic mass is 10.1. The van der Waals surface area contributed by atoms with E-state index in [1.165, 1.54) is 0 Å². The van der Waals surface area contributed by atoms with E-state index in [1.807, 2.05) is 35.2 Å². The van der Waals surface area contributed by atoms with E-state index in [9.17, 15) is 4.79 Å². The fraction of sp³-hybridized carbons (Fsp3) is 0.333. The quantitative estimate of drug-likeness (QED) is 0.774. The molecule has 1 amide bonds. The van der Waals surface area contributed by atoms with Gasteiger partial charge in [0.25, 0.3) is 5.91 Å². The Balaban J connectivity index is 2.04. The first-order valence-corrected chi connectivity index (χ1v) is 7.90. The summed E-state index contributed by atoms with van der Waals surface area (Å²) in [5, 5.41) is 2.11. The molecular weight excluding hydrogens is 274 g/mol. The molecule has 0 aliphatic rings. The van der Waals surface area contributed by atoms with Crippen LogP contribution in [0.3, 0.4) is 0 Å². The molecule has 0 radical (unpaired) electrons. The number of nitrogens with zero attached hydrogens (tertiary/aromatic N) is 2. The third-order valence-corrected chi connectivity index (χ3v) is 3.87. The van der Waals surface area contributed by atoms with Gasteiger partial charge in [0.2, 0.25) is 0 Å². The maximum absolute atomic E-state index is 12.7. The number of H-pyrrole nitrogens is 1. The number of carbonyl (C=O) groups excluding carboxylic acids is 1. The lowest BCUT2D eigenvalue weighted by molar-refractivity contribution is 0.0750. The van der Waals surface area contributed by atoms with Gasteiger partial charge in [-0.05, 0) is 25.0 Å². The van der Waals surface area contributed by atoms with Crippen LogP contribution in [0, 0.1) is 0 Å². The van der Waals surface area contributed by atoms with E-state index in [1.54, 1.807) is 6.20 Å². The summed E-state index contributed by atoms with van der Waals surface area (Å²) < 4.78 is 0. The monoisotopic (exact) mass is 295 g/mol. The maximum atomic E-state index is 12.7. The number of hydrogen-bond donors (Lipinski definition) is 1. The zero-order valence-electron chi connectivity index (χ0n) is 13.1. The molecule has 2 heterocycles. The van der Waals surface area contributed by atoms with Crippen molar-refractivity contribution < 1.29 is 4.79 Å². The molecule has 114 valence electrons. The molecule has 0 unspecified atom stereocenters. The Morgan fingerprint density at radius 3 is 2.59 bits per heavy atom. The zero-order valence-corrected chi connectivity index (χ0v) is 13.1. The molecule has 0 saturated carbocycles. The molecule has 0 spiro atoms. The zero-order chi connectivity index (χ0) is 15.5. The van der Waals surface area contributed by atoms with Gasteiger partial charge in [-0.1, -0.05) is 32.0 Å². The summed E-state index contributed by atoms with van der Waals surface area (Å²) in [6.45, 7) is 5.78. The molecule has 4 nitrogen and oxygen atoms in total. The Labute approximate surface area is 130 Å². The molecule has 1 N–H and O–H groups in total. The van der Waals surface area contributed by atoms with E-state index < -0.39 is 0 Å². The second kappa shape index (κ2) is 6.18. The van der Waals surface area contributed by atoms with Crippen LogP contribution in [0.15, 0.2) is 36.5 Å². The maximum Gasteiger partial charge on any atom is 0.270 e. The Morgan fingerprint density at radius 2 is 1.86 bits per heavy atom. The third-order valence-electron chi connectivity index (χ3n) is 3.87. The molecule has 3 aromatic rings. The molecule has 2 aromatic heterocycles. The van der Waals surface area contributed by atoms with E-state index in [4.69, 9.17) is 0 Å². The Kier molecular flexibility index (Phi) is 4.09. The lowest BCUT2D eigenvalue weighted by Gasteiger charge is -2.20. The first kappa shape index (κ1) is 14.6. The largest absolute Gasteiger partial charge is 0.349 e. The summed E-state index contributed by atoms with van der Waals surface area (Å²) >= 11 is 0. The molecule has 0 aliphatic heterocycles. The van der Waals surface area contributed by atoms with E-state index in [2.05, 4.69) is 23.8 Å². The third kappa shape index (κ3) is 2.56. The van der Waals surface area contributed by atoms with Gasteiger partial charge in [-0.2, -0.15) is 0 Å². The van der Waals surface area contributed by atoms with Crippen molar-refractivity contribution in [2.24, 2.45) is 0 Å². The van der Waals surface area contributed by atoms with Crippen LogP contribution < -0.4 is 0 Å². The predicted molar refractivity (Wildman–Crippen MR) is 90.1 cm³/mol. The normalized spacial score (nSPS) is 11.2. The summed E-state index contributed by atoms with van der Waals surface area (Å²) in [6, 6.07) is 9.97. The van der Waals surface area contributed by atoms with Crippen LogP contribution in [0.1, 0.15) is 37.2 Å². The van der Waals surface area contributed by atoms with Crippen LogP contribution in [-0.2, 0) is 0 Å². The fourth-order valence-corrected chi connectivity index (χ4v) is 2.88. The van der Waals surface area contributed by atoms with Gasteiger partial charge in [-0.15, -0.1) is 0 Å². The Hall–Kier alpha value is -2.36. The predicted octanol–water partition coefficient (Wildman–Crippen LogP) is 3.98. The van der Waals surface area contributed by atoms with Crippen molar-refractivity contribution >= 4 is 27.7 Å². The minimum absolute atomic E-state index is 0.0731. The van der Waals surface area contributed by atoms with E-state index >= 15 is 0 Å². The van der Waals surface area contributed by atoms with Crippen LogP contribution in [-0.4, -0.2) is 33.9 Å². The Bertz CT molecular complexity index is 800. The van der Waals surface area contributed by atoms with Crippen molar-refractivity contribution in [3.05, 3.63) is 42.2 Å². The number of amides is 1. The average molecular weight is 295 g/mol. The smallest absolute Gasteiger partial charge is 0.270 e. The number of rotatable bonds is 5. The number of hydrogen-bond acceptors (Lipinski definition) is 2. The summed E-state index contributed by atoms with van der Waals surface area (Å²) in [6.07, 6.45) is 3.72. The van der Waals surface area contributed by atoms with Gasteiger partial charge in [-0.25, -0.2) is 0 Å².